The SMILES string of the molecule is CC1(C)c2ccccc2-c2cc(N(c3ccc(-c4ccc5oc6cc7nc(-c8ccccc8)oc7cc6c5c4)cc3)c3cccc4c3-c3ccccc3C4(C)C)ccc21. The predicted molar refractivity (Wildman–Crippen MR) is 242 cm³/mol. The van der Waals surface area contributed by atoms with Gasteiger partial charge in [0, 0.05) is 50.2 Å². The van der Waals surface area contributed by atoms with Gasteiger partial charge in [-0.25, -0.2) is 4.98 Å². The van der Waals surface area contributed by atoms with Crippen molar-refractivity contribution in [3.63, 3.8) is 0 Å². The maximum atomic E-state index is 6.37. The van der Waals surface area contributed by atoms with Crippen LogP contribution in [0.2, 0.25) is 0 Å². The van der Waals surface area contributed by atoms with Gasteiger partial charge in [-0.2, -0.15) is 0 Å². The Hall–Kier alpha value is -7.17. The molecule has 59 heavy (non-hydrogen) atoms. The number of furan rings is 1. The number of hydrogen-bond donors (Lipinski definition) is 0. The van der Waals surface area contributed by atoms with Gasteiger partial charge in [-0.1, -0.05) is 131 Å². The molecule has 0 radical (unpaired) electrons. The zero-order valence-corrected chi connectivity index (χ0v) is 33.4. The molecule has 0 bridgehead atoms. The van der Waals surface area contributed by atoms with Gasteiger partial charge in [0.15, 0.2) is 5.58 Å². The second-order valence-corrected chi connectivity index (χ2v) is 17.2. The summed E-state index contributed by atoms with van der Waals surface area (Å²) >= 11 is 0. The first-order valence-electron chi connectivity index (χ1n) is 20.4. The van der Waals surface area contributed by atoms with Crippen LogP contribution in [0.25, 0.3) is 77.9 Å². The van der Waals surface area contributed by atoms with Crippen LogP contribution < -0.4 is 4.90 Å². The van der Waals surface area contributed by atoms with Gasteiger partial charge in [-0.05, 0) is 111 Å². The molecule has 0 amide bonds. The summed E-state index contributed by atoms with van der Waals surface area (Å²) < 4.78 is 12.6. The minimum absolute atomic E-state index is 0.0682. The zero-order valence-electron chi connectivity index (χ0n) is 33.4. The number of rotatable bonds is 5. The first kappa shape index (κ1) is 33.9. The van der Waals surface area contributed by atoms with Gasteiger partial charge in [0.25, 0.3) is 0 Å². The molecule has 0 N–H and O–H groups in total. The van der Waals surface area contributed by atoms with Crippen LogP contribution in [0.1, 0.15) is 49.9 Å². The third kappa shape index (κ3) is 4.93. The van der Waals surface area contributed by atoms with E-state index in [2.05, 4.69) is 166 Å². The Morgan fingerprint density at radius 1 is 0.424 bits per heavy atom. The summed E-state index contributed by atoms with van der Waals surface area (Å²) in [7, 11) is 0. The molecule has 0 saturated heterocycles. The standard InChI is InChI=1S/C55H40N2O2/c1-54(2)43-17-10-8-15-38(43)40-30-37(26-27-45(40)54)57(48-20-12-19-46-52(48)39-16-9-11-18-44(39)55(46,3)4)36-24-21-33(22-25-36)35-23-28-49-41(29-35)42-31-51-47(32-50(42)58-49)56-53(59-51)34-13-6-5-7-14-34/h5-32H,1-4H3. The normalized spacial score (nSPS) is 14.4. The van der Waals surface area contributed by atoms with E-state index in [1.165, 1.54) is 50.2 Å². The van der Waals surface area contributed by atoms with Crippen LogP contribution in [-0.2, 0) is 10.8 Å². The van der Waals surface area contributed by atoms with Crippen molar-refractivity contribution in [1.82, 2.24) is 4.98 Å². The molecule has 0 unspecified atom stereocenters. The molecule has 0 aliphatic heterocycles. The highest BCUT2D eigenvalue weighted by Crippen LogP contribution is 2.55. The molecule has 2 heterocycles. The summed E-state index contributed by atoms with van der Waals surface area (Å²) in [5.74, 6) is 0.606. The van der Waals surface area contributed by atoms with Crippen LogP contribution in [0.5, 0.6) is 0 Å². The van der Waals surface area contributed by atoms with Crippen molar-refractivity contribution in [2.45, 2.75) is 38.5 Å². The number of hydrogen-bond acceptors (Lipinski definition) is 4. The van der Waals surface area contributed by atoms with Crippen LogP contribution in [0.4, 0.5) is 17.1 Å². The van der Waals surface area contributed by atoms with Crippen molar-refractivity contribution in [3.8, 4) is 44.8 Å². The lowest BCUT2D eigenvalue weighted by molar-refractivity contribution is 0.620. The van der Waals surface area contributed by atoms with Crippen molar-refractivity contribution < 1.29 is 8.83 Å². The van der Waals surface area contributed by atoms with Gasteiger partial charge in [0.2, 0.25) is 5.89 Å². The van der Waals surface area contributed by atoms with Crippen molar-refractivity contribution in [2.24, 2.45) is 0 Å². The van der Waals surface area contributed by atoms with Gasteiger partial charge in [0.1, 0.15) is 16.7 Å². The zero-order chi connectivity index (χ0) is 39.6. The summed E-state index contributed by atoms with van der Waals surface area (Å²) in [6.45, 7) is 9.39. The Kier molecular flexibility index (Phi) is 7.00. The smallest absolute Gasteiger partial charge is 0.227 e. The van der Waals surface area contributed by atoms with E-state index in [4.69, 9.17) is 13.8 Å². The molecule has 4 heteroatoms. The lowest BCUT2D eigenvalue weighted by Gasteiger charge is -2.30. The number of benzene rings is 8. The first-order chi connectivity index (χ1) is 28.7. The fraction of sp³-hybridized carbons (Fsp3) is 0.109. The third-order valence-electron chi connectivity index (χ3n) is 13.1. The van der Waals surface area contributed by atoms with E-state index < -0.39 is 0 Å². The van der Waals surface area contributed by atoms with E-state index in [-0.39, 0.29) is 10.8 Å². The predicted octanol–water partition coefficient (Wildman–Crippen LogP) is 15.1. The van der Waals surface area contributed by atoms with Crippen molar-refractivity contribution in [3.05, 3.63) is 192 Å². The molecular weight excluding hydrogens is 721 g/mol. The maximum absolute atomic E-state index is 6.37. The number of anilines is 3. The van der Waals surface area contributed by atoms with Gasteiger partial charge in [-0.3, -0.25) is 0 Å². The molecule has 2 aliphatic carbocycles. The maximum Gasteiger partial charge on any atom is 0.227 e. The van der Waals surface area contributed by atoms with Gasteiger partial charge in [0.05, 0.1) is 5.69 Å². The van der Waals surface area contributed by atoms with Crippen LogP contribution in [-0.4, -0.2) is 4.98 Å². The molecule has 0 atom stereocenters. The Balaban J connectivity index is 0.988. The van der Waals surface area contributed by atoms with E-state index in [0.29, 0.717) is 5.89 Å². The fourth-order valence-electron chi connectivity index (χ4n) is 10.1. The lowest BCUT2D eigenvalue weighted by Crippen LogP contribution is -2.16. The topological polar surface area (TPSA) is 42.4 Å². The Morgan fingerprint density at radius 3 is 1.88 bits per heavy atom. The fourth-order valence-corrected chi connectivity index (χ4v) is 10.1. The largest absolute Gasteiger partial charge is 0.456 e. The summed E-state index contributed by atoms with van der Waals surface area (Å²) in [4.78, 5) is 7.24. The van der Waals surface area contributed by atoms with E-state index in [1.54, 1.807) is 0 Å². The quantitative estimate of drug-likeness (QED) is 0.175. The summed E-state index contributed by atoms with van der Waals surface area (Å²) in [5, 5.41) is 2.06. The van der Waals surface area contributed by atoms with Crippen LogP contribution in [0.15, 0.2) is 179 Å². The molecule has 0 fully saturated rings. The Morgan fingerprint density at radius 2 is 1.07 bits per heavy atom. The average molecular weight is 761 g/mol. The van der Waals surface area contributed by atoms with Crippen molar-refractivity contribution in [1.29, 1.82) is 0 Å². The minimum atomic E-state index is -0.113. The molecule has 10 aromatic rings. The van der Waals surface area contributed by atoms with E-state index in [1.807, 2.05) is 36.4 Å². The monoisotopic (exact) mass is 760 g/mol. The van der Waals surface area contributed by atoms with Crippen molar-refractivity contribution in [2.75, 3.05) is 4.90 Å². The van der Waals surface area contributed by atoms with Gasteiger partial charge < -0.3 is 13.7 Å². The van der Waals surface area contributed by atoms with Crippen LogP contribution in [0.3, 0.4) is 0 Å². The number of aromatic nitrogens is 1. The molecule has 4 nitrogen and oxygen atoms in total. The molecular formula is C55H40N2O2. The second kappa shape index (κ2) is 12.2. The number of fused-ring (bicyclic) bond motifs is 10. The van der Waals surface area contributed by atoms with E-state index in [0.717, 1.165) is 61.1 Å². The Labute approximate surface area is 343 Å². The van der Waals surface area contributed by atoms with Gasteiger partial charge >= 0.3 is 0 Å². The molecule has 282 valence electrons. The lowest BCUT2D eigenvalue weighted by atomic mass is 9.82. The molecule has 2 aromatic heterocycles. The molecule has 0 saturated carbocycles. The minimum Gasteiger partial charge on any atom is -0.456 e. The molecule has 0 spiro atoms. The highest BCUT2D eigenvalue weighted by atomic mass is 16.4. The van der Waals surface area contributed by atoms with Crippen LogP contribution >= 0.6 is 0 Å². The second-order valence-electron chi connectivity index (χ2n) is 17.2. The third-order valence-corrected chi connectivity index (χ3v) is 13.1. The molecule has 2 aliphatic rings. The molecule has 8 aromatic carbocycles. The molecule has 12 rings (SSSR count). The van der Waals surface area contributed by atoms with Gasteiger partial charge in [-0.15, -0.1) is 0 Å². The Bertz CT molecular complexity index is 3330. The average Bonchev–Trinajstić information content (AvgIpc) is 3.98. The van der Waals surface area contributed by atoms with Crippen molar-refractivity contribution >= 4 is 50.1 Å². The first-order valence-corrected chi connectivity index (χ1v) is 20.4. The van der Waals surface area contributed by atoms with Crippen LogP contribution in [0, 0.1) is 0 Å². The summed E-state index contributed by atoms with van der Waals surface area (Å²) in [5.41, 5.74) is 20.3. The number of nitrogens with zero attached hydrogens (tertiary/aromatic N) is 2. The van der Waals surface area contributed by atoms with E-state index in [9.17, 15) is 0 Å². The highest BCUT2D eigenvalue weighted by molar-refractivity contribution is 6.10. The number of oxazole rings is 1. The van der Waals surface area contributed by atoms with E-state index >= 15 is 0 Å². The highest BCUT2D eigenvalue weighted by Gasteiger charge is 2.39. The summed E-state index contributed by atoms with van der Waals surface area (Å²) in [6.07, 6.45) is 0. The summed E-state index contributed by atoms with van der Waals surface area (Å²) in [6, 6.07) is 61.3.